The lowest BCUT2D eigenvalue weighted by Gasteiger charge is -2.32. The second-order valence-electron chi connectivity index (χ2n) is 4.32. The van der Waals surface area contributed by atoms with Gasteiger partial charge in [0.2, 0.25) is 0 Å². The molecule has 0 spiro atoms. The highest BCUT2D eigenvalue weighted by Crippen LogP contribution is 2.17. The molecule has 0 aromatic carbocycles. The van der Waals surface area contributed by atoms with Gasteiger partial charge in [0.15, 0.2) is 0 Å². The van der Waals surface area contributed by atoms with Gasteiger partial charge in [-0.05, 0) is 19.1 Å². The lowest BCUT2D eigenvalue weighted by atomic mass is 10.1. The SMILES string of the molecule is CCNC(=O)N1CCC(Oc2ccncc2)CC1.[HH]. The number of carbonyl (C=O) groups excluding carboxylic acids is 1. The van der Waals surface area contributed by atoms with Crippen LogP contribution in [0.25, 0.3) is 0 Å². The van der Waals surface area contributed by atoms with E-state index in [0.29, 0.717) is 6.54 Å². The van der Waals surface area contributed by atoms with Gasteiger partial charge in [0.1, 0.15) is 11.9 Å². The molecule has 1 aromatic heterocycles. The number of piperidine rings is 1. The van der Waals surface area contributed by atoms with E-state index >= 15 is 0 Å². The Hall–Kier alpha value is -1.78. The maximum atomic E-state index is 11.6. The van der Waals surface area contributed by atoms with Gasteiger partial charge in [0.05, 0.1) is 0 Å². The first kappa shape index (κ1) is 12.7. The van der Waals surface area contributed by atoms with Crippen molar-refractivity contribution in [1.29, 1.82) is 0 Å². The predicted molar refractivity (Wildman–Crippen MR) is 70.6 cm³/mol. The number of carbonyl (C=O) groups is 1. The number of rotatable bonds is 3. The lowest BCUT2D eigenvalue weighted by Crippen LogP contribution is -2.46. The number of urea groups is 1. The first-order valence-electron chi connectivity index (χ1n) is 6.39. The zero-order chi connectivity index (χ0) is 12.8. The molecule has 5 nitrogen and oxygen atoms in total. The van der Waals surface area contributed by atoms with E-state index in [1.54, 1.807) is 12.4 Å². The topological polar surface area (TPSA) is 54.5 Å². The van der Waals surface area contributed by atoms with Crippen LogP contribution in [0.5, 0.6) is 5.75 Å². The molecule has 1 aliphatic rings. The summed E-state index contributed by atoms with van der Waals surface area (Å²) in [4.78, 5) is 17.4. The van der Waals surface area contributed by atoms with Crippen molar-refractivity contribution in [2.45, 2.75) is 25.9 Å². The first-order valence-corrected chi connectivity index (χ1v) is 6.39. The van der Waals surface area contributed by atoms with Crippen molar-refractivity contribution in [1.82, 2.24) is 15.2 Å². The van der Waals surface area contributed by atoms with E-state index in [9.17, 15) is 4.79 Å². The molecule has 1 N–H and O–H groups in total. The molecule has 100 valence electrons. The quantitative estimate of drug-likeness (QED) is 0.892. The summed E-state index contributed by atoms with van der Waals surface area (Å²) in [5.41, 5.74) is 0. The number of hydrogen-bond donors (Lipinski definition) is 1. The van der Waals surface area contributed by atoms with E-state index in [4.69, 9.17) is 4.74 Å². The normalized spacial score (nSPS) is 16.4. The van der Waals surface area contributed by atoms with E-state index in [-0.39, 0.29) is 13.6 Å². The lowest BCUT2D eigenvalue weighted by molar-refractivity contribution is 0.111. The third-order valence-corrected chi connectivity index (χ3v) is 3.01. The Labute approximate surface area is 109 Å². The second kappa shape index (κ2) is 6.23. The van der Waals surface area contributed by atoms with E-state index < -0.39 is 0 Å². The fourth-order valence-corrected chi connectivity index (χ4v) is 2.05. The Balaban J connectivity index is 0.00000180. The van der Waals surface area contributed by atoms with E-state index in [2.05, 4.69) is 10.3 Å². The highest BCUT2D eigenvalue weighted by molar-refractivity contribution is 5.74. The van der Waals surface area contributed by atoms with Crippen molar-refractivity contribution in [3.63, 3.8) is 0 Å². The van der Waals surface area contributed by atoms with Crippen LogP contribution in [0.15, 0.2) is 24.5 Å². The highest BCUT2D eigenvalue weighted by atomic mass is 16.5. The van der Waals surface area contributed by atoms with Crippen molar-refractivity contribution in [2.24, 2.45) is 0 Å². The summed E-state index contributed by atoms with van der Waals surface area (Å²) in [6, 6.07) is 3.74. The average Bonchev–Trinajstić information content (AvgIpc) is 2.41. The summed E-state index contributed by atoms with van der Waals surface area (Å²) >= 11 is 0. The van der Waals surface area contributed by atoms with Gasteiger partial charge in [-0.3, -0.25) is 4.98 Å². The third-order valence-electron chi connectivity index (χ3n) is 3.01. The number of likely N-dealkylation sites (tertiary alicyclic amines) is 1. The predicted octanol–water partition coefficient (Wildman–Crippen LogP) is 1.90. The number of nitrogens with zero attached hydrogens (tertiary/aromatic N) is 2. The summed E-state index contributed by atoms with van der Waals surface area (Å²) in [6.07, 6.45) is 5.38. The number of ether oxygens (including phenoxy) is 1. The monoisotopic (exact) mass is 251 g/mol. The van der Waals surface area contributed by atoms with Crippen LogP contribution in [-0.2, 0) is 0 Å². The third kappa shape index (κ3) is 3.35. The van der Waals surface area contributed by atoms with Crippen molar-refractivity contribution in [3.8, 4) is 5.75 Å². The molecule has 0 unspecified atom stereocenters. The summed E-state index contributed by atoms with van der Waals surface area (Å²) in [6.45, 7) is 4.10. The average molecular weight is 251 g/mol. The van der Waals surface area contributed by atoms with Crippen molar-refractivity contribution in [2.75, 3.05) is 19.6 Å². The zero-order valence-electron chi connectivity index (χ0n) is 10.6. The minimum Gasteiger partial charge on any atom is -0.490 e. The van der Waals surface area contributed by atoms with Crippen LogP contribution in [0, 0.1) is 0 Å². The molecule has 2 amide bonds. The maximum absolute atomic E-state index is 11.6. The van der Waals surface area contributed by atoms with Crippen LogP contribution < -0.4 is 10.1 Å². The summed E-state index contributed by atoms with van der Waals surface area (Å²) in [5, 5.41) is 2.82. The van der Waals surface area contributed by atoms with Crippen LogP contribution in [0.3, 0.4) is 0 Å². The zero-order valence-corrected chi connectivity index (χ0v) is 10.6. The van der Waals surface area contributed by atoms with Crippen LogP contribution in [-0.4, -0.2) is 41.7 Å². The smallest absolute Gasteiger partial charge is 0.317 e. The first-order chi connectivity index (χ1) is 8.79. The summed E-state index contributed by atoms with van der Waals surface area (Å²) < 4.78 is 5.84. The molecule has 0 aliphatic carbocycles. The molecular weight excluding hydrogens is 230 g/mol. The van der Waals surface area contributed by atoms with Crippen LogP contribution in [0.1, 0.15) is 21.2 Å². The van der Waals surface area contributed by atoms with Crippen molar-refractivity contribution >= 4 is 6.03 Å². The molecule has 0 radical (unpaired) electrons. The summed E-state index contributed by atoms with van der Waals surface area (Å²) in [7, 11) is 0. The van der Waals surface area contributed by atoms with Gasteiger partial charge in [-0.1, -0.05) is 0 Å². The van der Waals surface area contributed by atoms with Crippen LogP contribution in [0.2, 0.25) is 0 Å². The fraction of sp³-hybridized carbons (Fsp3) is 0.538. The number of pyridine rings is 1. The number of aromatic nitrogens is 1. The summed E-state index contributed by atoms with van der Waals surface area (Å²) in [5.74, 6) is 0.849. The van der Waals surface area contributed by atoms with E-state index in [0.717, 1.165) is 31.7 Å². The van der Waals surface area contributed by atoms with Gasteiger partial charge in [-0.2, -0.15) is 0 Å². The molecule has 0 bridgehead atoms. The molecule has 1 aromatic rings. The van der Waals surface area contributed by atoms with E-state index in [1.807, 2.05) is 24.0 Å². The number of hydrogen-bond acceptors (Lipinski definition) is 3. The molecule has 2 rings (SSSR count). The van der Waals surface area contributed by atoms with Gasteiger partial charge in [-0.15, -0.1) is 0 Å². The molecule has 5 heteroatoms. The molecular formula is C13H21N3O2. The maximum Gasteiger partial charge on any atom is 0.317 e. The minimum atomic E-state index is 0. The molecule has 1 aliphatic heterocycles. The second-order valence-corrected chi connectivity index (χ2v) is 4.32. The minimum absolute atomic E-state index is 0. The van der Waals surface area contributed by atoms with Gasteiger partial charge in [0, 0.05) is 46.3 Å². The largest absolute Gasteiger partial charge is 0.490 e. The van der Waals surface area contributed by atoms with Crippen molar-refractivity contribution in [3.05, 3.63) is 24.5 Å². The van der Waals surface area contributed by atoms with Gasteiger partial charge >= 0.3 is 6.03 Å². The number of nitrogens with one attached hydrogen (secondary N) is 1. The molecule has 1 fully saturated rings. The fourth-order valence-electron chi connectivity index (χ4n) is 2.05. The Bertz CT molecular complexity index is 381. The van der Waals surface area contributed by atoms with Crippen molar-refractivity contribution < 1.29 is 11.0 Å². The van der Waals surface area contributed by atoms with Gasteiger partial charge < -0.3 is 15.0 Å². The Morgan fingerprint density at radius 1 is 1.50 bits per heavy atom. The Morgan fingerprint density at radius 3 is 2.78 bits per heavy atom. The molecule has 18 heavy (non-hydrogen) atoms. The van der Waals surface area contributed by atoms with Crippen LogP contribution in [0.4, 0.5) is 4.79 Å². The molecule has 1 saturated heterocycles. The van der Waals surface area contributed by atoms with Gasteiger partial charge in [-0.25, -0.2) is 4.79 Å². The number of amides is 2. The highest BCUT2D eigenvalue weighted by Gasteiger charge is 2.23. The van der Waals surface area contributed by atoms with Crippen LogP contribution >= 0.6 is 0 Å². The molecule has 0 atom stereocenters. The standard InChI is InChI=1S/C13H19N3O2.H2/c1-2-15-13(17)16-9-5-12(6-10-16)18-11-3-7-14-8-4-11;/h3-4,7-8,12H,2,5-6,9-10H2,1H3,(H,15,17);1H. The Kier molecular flexibility index (Phi) is 4.39. The Morgan fingerprint density at radius 2 is 2.17 bits per heavy atom. The van der Waals surface area contributed by atoms with E-state index in [1.165, 1.54) is 0 Å². The molecule has 0 saturated carbocycles. The van der Waals surface area contributed by atoms with Gasteiger partial charge in [0.25, 0.3) is 0 Å². The molecule has 2 heterocycles.